The molecule has 1 N–H and O–H groups in total. The van der Waals surface area contributed by atoms with Crippen molar-refractivity contribution in [2.24, 2.45) is 0 Å². The van der Waals surface area contributed by atoms with Gasteiger partial charge in [0.2, 0.25) is 0 Å². The lowest BCUT2D eigenvalue weighted by Gasteiger charge is -2.07. The van der Waals surface area contributed by atoms with Crippen LogP contribution in [0, 0.1) is 11.3 Å². The van der Waals surface area contributed by atoms with Gasteiger partial charge < -0.3 is 14.3 Å². The molecule has 5 rings (SSSR count). The van der Waals surface area contributed by atoms with Gasteiger partial charge in [-0.15, -0.1) is 23.7 Å². The number of H-pyrrole nitrogens is 1. The summed E-state index contributed by atoms with van der Waals surface area (Å²) in [5.74, 6) is 1.53. The predicted octanol–water partition coefficient (Wildman–Crippen LogP) is 4.64. The van der Waals surface area contributed by atoms with E-state index in [4.69, 9.17) is 9.72 Å². The first-order valence-electron chi connectivity index (χ1n) is 9.05. The van der Waals surface area contributed by atoms with E-state index in [0.717, 1.165) is 44.2 Å². The number of benzene rings is 2. The molecule has 3 aromatic heterocycles. The summed E-state index contributed by atoms with van der Waals surface area (Å²) >= 11 is 1.62. The van der Waals surface area contributed by atoms with Crippen molar-refractivity contribution in [3.63, 3.8) is 0 Å². The molecule has 0 saturated heterocycles. The fourth-order valence-electron chi connectivity index (χ4n) is 3.39. The van der Waals surface area contributed by atoms with Gasteiger partial charge in [-0.1, -0.05) is 0 Å². The van der Waals surface area contributed by atoms with E-state index < -0.39 is 0 Å². The molecule has 0 fully saturated rings. The first kappa shape index (κ1) is 20.0. The summed E-state index contributed by atoms with van der Waals surface area (Å²) in [5, 5.41) is 9.25. The number of methoxy groups -OCH3 is 1. The van der Waals surface area contributed by atoms with Crippen LogP contribution in [-0.2, 0) is 11.3 Å². The Hall–Kier alpha value is -3.25. The zero-order chi connectivity index (χ0) is 19.8. The van der Waals surface area contributed by atoms with E-state index in [1.807, 2.05) is 29.8 Å². The van der Waals surface area contributed by atoms with Gasteiger partial charge >= 0.3 is 0 Å². The van der Waals surface area contributed by atoms with Crippen molar-refractivity contribution >= 4 is 45.0 Å². The monoisotopic (exact) mass is 436 g/mol. The number of nitriles is 1. The smallest absolute Gasteiger partial charge is 0.159 e. The molecule has 150 valence electrons. The predicted molar refractivity (Wildman–Crippen MR) is 120 cm³/mol. The van der Waals surface area contributed by atoms with Gasteiger partial charge in [-0.25, -0.2) is 15.0 Å². The minimum Gasteiger partial charge on any atom is -0.383 e. The number of fused-ring (bicyclic) bond motifs is 2. The first-order chi connectivity index (χ1) is 14.3. The quantitative estimate of drug-likeness (QED) is 0.433. The molecule has 30 heavy (non-hydrogen) atoms. The van der Waals surface area contributed by atoms with Crippen molar-refractivity contribution < 1.29 is 4.74 Å². The van der Waals surface area contributed by atoms with Crippen LogP contribution in [0.25, 0.3) is 44.2 Å². The fourth-order valence-corrected chi connectivity index (χ4v) is 4.05. The average Bonchev–Trinajstić information content (AvgIpc) is 3.48. The van der Waals surface area contributed by atoms with Crippen LogP contribution in [0.5, 0.6) is 0 Å². The Morgan fingerprint density at radius 1 is 1.17 bits per heavy atom. The van der Waals surface area contributed by atoms with Gasteiger partial charge in [0.15, 0.2) is 5.82 Å². The highest BCUT2D eigenvalue weighted by molar-refractivity contribution is 7.16. The van der Waals surface area contributed by atoms with Crippen LogP contribution in [0.3, 0.4) is 0 Å². The van der Waals surface area contributed by atoms with Gasteiger partial charge in [-0.2, -0.15) is 5.26 Å². The van der Waals surface area contributed by atoms with Crippen molar-refractivity contribution in [1.82, 2.24) is 24.5 Å². The molecule has 0 spiro atoms. The molecule has 0 bridgehead atoms. The minimum atomic E-state index is 0. The summed E-state index contributed by atoms with van der Waals surface area (Å²) in [6, 6.07) is 13.8. The molecule has 0 aliphatic heterocycles. The summed E-state index contributed by atoms with van der Waals surface area (Å²) in [6.07, 6.45) is 1.79. The molecule has 0 amide bonds. The van der Waals surface area contributed by atoms with E-state index in [9.17, 15) is 5.26 Å². The summed E-state index contributed by atoms with van der Waals surface area (Å²) in [6.45, 7) is 1.16. The number of ether oxygens (including phenoxy) is 1. The van der Waals surface area contributed by atoms with Gasteiger partial charge in [0.1, 0.15) is 11.5 Å². The van der Waals surface area contributed by atoms with Crippen LogP contribution in [0.2, 0.25) is 0 Å². The molecule has 9 heteroatoms. The number of aromatic nitrogens is 5. The molecule has 3 heterocycles. The Morgan fingerprint density at radius 2 is 2.07 bits per heavy atom. The molecule has 0 aliphatic rings. The molecular formula is C21H17ClN6OS. The SMILES string of the molecule is COCCn1c(-c2cnc(-c3ccc4scnc4c3)[nH]2)nc2ccc(C#N)cc21.Cl. The third kappa shape index (κ3) is 3.44. The van der Waals surface area contributed by atoms with Crippen molar-refractivity contribution in [1.29, 1.82) is 5.26 Å². The van der Waals surface area contributed by atoms with Crippen LogP contribution < -0.4 is 0 Å². The zero-order valence-corrected chi connectivity index (χ0v) is 17.6. The number of imidazole rings is 2. The number of nitrogens with zero attached hydrogens (tertiary/aromatic N) is 5. The van der Waals surface area contributed by atoms with Crippen LogP contribution in [0.15, 0.2) is 48.1 Å². The lowest BCUT2D eigenvalue weighted by Crippen LogP contribution is -2.06. The van der Waals surface area contributed by atoms with E-state index in [1.165, 1.54) is 0 Å². The second-order valence-corrected chi connectivity index (χ2v) is 7.46. The average molecular weight is 437 g/mol. The number of halogens is 1. The number of rotatable bonds is 5. The van der Waals surface area contributed by atoms with E-state index in [1.54, 1.807) is 30.7 Å². The van der Waals surface area contributed by atoms with E-state index in [0.29, 0.717) is 18.7 Å². The maximum absolute atomic E-state index is 9.25. The summed E-state index contributed by atoms with van der Waals surface area (Å²) in [7, 11) is 1.67. The van der Waals surface area contributed by atoms with Crippen LogP contribution >= 0.6 is 23.7 Å². The van der Waals surface area contributed by atoms with Crippen LogP contribution in [0.4, 0.5) is 0 Å². The summed E-state index contributed by atoms with van der Waals surface area (Å²) in [5.41, 5.74) is 6.91. The van der Waals surface area contributed by atoms with Gasteiger partial charge in [0.25, 0.3) is 0 Å². The Kier molecular flexibility index (Phi) is 5.50. The highest BCUT2D eigenvalue weighted by Crippen LogP contribution is 2.28. The number of nitrogens with one attached hydrogen (secondary N) is 1. The lowest BCUT2D eigenvalue weighted by molar-refractivity contribution is 0.188. The van der Waals surface area contributed by atoms with E-state index >= 15 is 0 Å². The molecule has 0 saturated carbocycles. The van der Waals surface area contributed by atoms with Gasteiger partial charge in [-0.3, -0.25) is 0 Å². The molecule has 0 atom stereocenters. The highest BCUT2D eigenvalue weighted by Gasteiger charge is 2.16. The van der Waals surface area contributed by atoms with Crippen LogP contribution in [0.1, 0.15) is 5.56 Å². The van der Waals surface area contributed by atoms with Gasteiger partial charge in [0, 0.05) is 19.2 Å². The number of aromatic amines is 1. The Balaban J connectivity index is 0.00000218. The van der Waals surface area contributed by atoms with Crippen molar-refractivity contribution in [3.05, 3.63) is 53.7 Å². The summed E-state index contributed by atoms with van der Waals surface area (Å²) < 4.78 is 8.48. The molecule has 0 aliphatic carbocycles. The molecule has 5 aromatic rings. The molecular weight excluding hydrogens is 420 g/mol. The standard InChI is InChI=1S/C21H16N6OS.ClH/c1-28-7-6-27-18-8-13(10-22)2-4-15(18)26-21(27)17-11-23-20(25-17)14-3-5-19-16(9-14)24-12-29-19;/h2-5,8-9,11-12H,6-7H2,1H3,(H,23,25);1H. The van der Waals surface area contributed by atoms with Crippen molar-refractivity contribution in [3.8, 4) is 29.0 Å². The highest BCUT2D eigenvalue weighted by atomic mass is 35.5. The lowest BCUT2D eigenvalue weighted by atomic mass is 10.2. The second-order valence-electron chi connectivity index (χ2n) is 6.58. The Labute approximate surface area is 182 Å². The van der Waals surface area contributed by atoms with Gasteiger partial charge in [-0.05, 0) is 36.4 Å². The Bertz CT molecular complexity index is 1380. The van der Waals surface area contributed by atoms with Crippen LogP contribution in [-0.4, -0.2) is 38.2 Å². The topological polar surface area (TPSA) is 92.4 Å². The molecule has 0 radical (unpaired) electrons. The normalized spacial score (nSPS) is 10.9. The zero-order valence-electron chi connectivity index (χ0n) is 16.0. The first-order valence-corrected chi connectivity index (χ1v) is 9.93. The molecule has 2 aromatic carbocycles. The number of thiazole rings is 1. The van der Waals surface area contributed by atoms with E-state index in [-0.39, 0.29) is 12.4 Å². The minimum absolute atomic E-state index is 0. The summed E-state index contributed by atoms with van der Waals surface area (Å²) in [4.78, 5) is 17.1. The maximum atomic E-state index is 9.25. The third-order valence-electron chi connectivity index (χ3n) is 4.82. The number of hydrogen-bond acceptors (Lipinski definition) is 6. The number of hydrogen-bond donors (Lipinski definition) is 1. The van der Waals surface area contributed by atoms with Gasteiger partial charge in [0.05, 0.1) is 51.2 Å². The molecule has 0 unspecified atom stereocenters. The fraction of sp³-hybridized carbons (Fsp3) is 0.143. The van der Waals surface area contributed by atoms with E-state index in [2.05, 4.69) is 31.7 Å². The largest absolute Gasteiger partial charge is 0.383 e. The van der Waals surface area contributed by atoms with Crippen molar-refractivity contribution in [2.75, 3.05) is 13.7 Å². The second kappa shape index (κ2) is 8.24. The van der Waals surface area contributed by atoms with Crippen molar-refractivity contribution in [2.45, 2.75) is 6.54 Å². The Morgan fingerprint density at radius 3 is 2.90 bits per heavy atom. The maximum Gasteiger partial charge on any atom is 0.159 e. The third-order valence-corrected chi connectivity index (χ3v) is 5.63. The molecule has 7 nitrogen and oxygen atoms in total.